The second-order valence-electron chi connectivity index (χ2n) is 9.19. The van der Waals surface area contributed by atoms with Crippen LogP contribution in [0.3, 0.4) is 0 Å². The van der Waals surface area contributed by atoms with Crippen LogP contribution in [-0.2, 0) is 0 Å². The van der Waals surface area contributed by atoms with Crippen molar-refractivity contribution in [2.45, 2.75) is 116 Å². The molecule has 0 aromatic rings. The molecule has 5 nitrogen and oxygen atoms in total. The molecule has 0 amide bonds. The number of hydrogen-bond donors (Lipinski definition) is 5. The van der Waals surface area contributed by atoms with E-state index in [1.807, 2.05) is 0 Å². The van der Waals surface area contributed by atoms with Gasteiger partial charge >= 0.3 is 0 Å². The van der Waals surface area contributed by atoms with Gasteiger partial charge in [-0.2, -0.15) is 0 Å². The maximum Gasteiger partial charge on any atom is -0.00484 e. The van der Waals surface area contributed by atoms with Crippen LogP contribution in [0.2, 0.25) is 0 Å². The summed E-state index contributed by atoms with van der Waals surface area (Å²) >= 11 is 0. The molecule has 0 fully saturated rings. The van der Waals surface area contributed by atoms with Gasteiger partial charge in [0, 0.05) is 0 Å². The van der Waals surface area contributed by atoms with E-state index >= 15 is 0 Å². The quantitative estimate of drug-likeness (QED) is 0.114. The normalized spacial score (nSPS) is 11.4. The average Bonchev–Trinajstić information content (AvgIpc) is 2.78. The average molecular weight is 442 g/mol. The van der Waals surface area contributed by atoms with Crippen LogP contribution in [-0.4, -0.2) is 52.4 Å². The molecular formula is C26H59N5. The van der Waals surface area contributed by atoms with Crippen molar-refractivity contribution < 1.29 is 0 Å². The Labute approximate surface area is 195 Å². The maximum atomic E-state index is 5.51. The van der Waals surface area contributed by atoms with E-state index in [0.717, 1.165) is 13.1 Å². The molecule has 0 aliphatic carbocycles. The highest BCUT2D eigenvalue weighted by atomic mass is 14.9. The minimum absolute atomic E-state index is 0.853. The Morgan fingerprint density at radius 2 is 0.452 bits per heavy atom. The summed E-state index contributed by atoms with van der Waals surface area (Å²) in [5.41, 5.74) is 11.0. The monoisotopic (exact) mass is 441 g/mol. The van der Waals surface area contributed by atoms with E-state index < -0.39 is 0 Å². The molecule has 5 heteroatoms. The summed E-state index contributed by atoms with van der Waals surface area (Å²) in [4.78, 5) is 0. The van der Waals surface area contributed by atoms with E-state index in [2.05, 4.69) is 16.0 Å². The first-order valence-electron chi connectivity index (χ1n) is 13.9. The zero-order valence-corrected chi connectivity index (χ0v) is 21.0. The molecule has 0 atom stereocenters. The molecule has 0 bridgehead atoms. The van der Waals surface area contributed by atoms with Gasteiger partial charge < -0.3 is 27.4 Å². The highest BCUT2D eigenvalue weighted by Gasteiger charge is 1.95. The first-order chi connectivity index (χ1) is 15.4. The molecule has 31 heavy (non-hydrogen) atoms. The van der Waals surface area contributed by atoms with Gasteiger partial charge in [-0.3, -0.25) is 0 Å². The summed E-state index contributed by atoms with van der Waals surface area (Å²) in [6.45, 7) is 8.83. The van der Waals surface area contributed by atoms with Crippen molar-refractivity contribution >= 4 is 0 Å². The van der Waals surface area contributed by atoms with Gasteiger partial charge in [0.05, 0.1) is 0 Å². The molecule has 0 aromatic carbocycles. The van der Waals surface area contributed by atoms with Gasteiger partial charge in [0.2, 0.25) is 0 Å². The van der Waals surface area contributed by atoms with Gasteiger partial charge in [-0.15, -0.1) is 0 Å². The molecule has 0 aliphatic heterocycles. The molecule has 0 aromatic heterocycles. The molecule has 0 spiro atoms. The van der Waals surface area contributed by atoms with Gasteiger partial charge in [0.1, 0.15) is 0 Å². The van der Waals surface area contributed by atoms with Crippen molar-refractivity contribution in [2.75, 3.05) is 52.4 Å². The minimum Gasteiger partial charge on any atom is -0.330 e. The lowest BCUT2D eigenvalue weighted by atomic mass is 10.1. The van der Waals surface area contributed by atoms with Gasteiger partial charge in [0.15, 0.2) is 0 Å². The Bertz CT molecular complexity index is 274. The first-order valence-corrected chi connectivity index (χ1v) is 13.9. The van der Waals surface area contributed by atoms with Crippen LogP contribution >= 0.6 is 0 Å². The van der Waals surface area contributed by atoms with Crippen LogP contribution in [0, 0.1) is 0 Å². The van der Waals surface area contributed by atoms with Crippen molar-refractivity contribution in [3.05, 3.63) is 0 Å². The second kappa shape index (κ2) is 29.8. The molecule has 0 radical (unpaired) electrons. The van der Waals surface area contributed by atoms with E-state index in [0.29, 0.717) is 0 Å². The molecule has 0 heterocycles. The van der Waals surface area contributed by atoms with Crippen LogP contribution in [0.1, 0.15) is 116 Å². The largest absolute Gasteiger partial charge is 0.330 e. The third kappa shape index (κ3) is 29.8. The first kappa shape index (κ1) is 30.8. The summed E-state index contributed by atoms with van der Waals surface area (Å²) in [5.74, 6) is 0. The van der Waals surface area contributed by atoms with Gasteiger partial charge in [-0.05, 0) is 104 Å². The zero-order valence-electron chi connectivity index (χ0n) is 21.0. The molecule has 0 aliphatic rings. The Hall–Kier alpha value is -0.200. The molecule has 0 saturated heterocycles. The van der Waals surface area contributed by atoms with E-state index in [4.69, 9.17) is 11.5 Å². The van der Waals surface area contributed by atoms with Crippen LogP contribution < -0.4 is 27.4 Å². The fraction of sp³-hybridized carbons (Fsp3) is 1.00. The van der Waals surface area contributed by atoms with Crippen molar-refractivity contribution in [1.82, 2.24) is 16.0 Å². The smallest absolute Gasteiger partial charge is 0.00484 e. The summed E-state index contributed by atoms with van der Waals surface area (Å²) < 4.78 is 0. The fourth-order valence-corrected chi connectivity index (χ4v) is 3.93. The van der Waals surface area contributed by atoms with E-state index in [1.54, 1.807) is 0 Å². The summed E-state index contributed by atoms with van der Waals surface area (Å²) in [7, 11) is 0. The van der Waals surface area contributed by atoms with Gasteiger partial charge in [-0.1, -0.05) is 64.2 Å². The fourth-order valence-electron chi connectivity index (χ4n) is 3.93. The van der Waals surface area contributed by atoms with Crippen LogP contribution in [0.5, 0.6) is 0 Å². The van der Waals surface area contributed by atoms with Gasteiger partial charge in [-0.25, -0.2) is 0 Å². The van der Waals surface area contributed by atoms with Crippen LogP contribution in [0.15, 0.2) is 0 Å². The lowest BCUT2D eigenvalue weighted by molar-refractivity contribution is 0.528. The van der Waals surface area contributed by atoms with Crippen molar-refractivity contribution in [1.29, 1.82) is 0 Å². The number of hydrogen-bond acceptors (Lipinski definition) is 5. The van der Waals surface area contributed by atoms with Crippen molar-refractivity contribution in [3.8, 4) is 0 Å². The molecule has 0 unspecified atom stereocenters. The summed E-state index contributed by atoms with van der Waals surface area (Å²) in [6.07, 6.45) is 23.8. The van der Waals surface area contributed by atoms with Crippen molar-refractivity contribution in [2.24, 2.45) is 11.5 Å². The Morgan fingerprint density at radius 3 is 0.710 bits per heavy atom. The standard InChI is InChI=1S/C26H59N5/c27-19-11-5-1-3-7-13-21-29-23-15-9-10-16-24-31-26-18-17-25-30-22-14-8-4-2-6-12-20-28/h29-31H,1-28H2. The molecule has 0 rings (SSSR count). The van der Waals surface area contributed by atoms with Crippen LogP contribution in [0.25, 0.3) is 0 Å². The molecule has 188 valence electrons. The maximum absolute atomic E-state index is 5.51. The predicted octanol–water partition coefficient (Wildman–Crippen LogP) is 4.69. The highest BCUT2D eigenvalue weighted by Crippen LogP contribution is 2.05. The Balaban J connectivity index is 2.98. The summed E-state index contributed by atoms with van der Waals surface area (Å²) in [5, 5.41) is 10.8. The predicted molar refractivity (Wildman–Crippen MR) is 140 cm³/mol. The van der Waals surface area contributed by atoms with E-state index in [9.17, 15) is 0 Å². The SMILES string of the molecule is NCCCCCCCCNCCCCCCNCCCCNCCCCCCCCN. The Morgan fingerprint density at radius 1 is 0.258 bits per heavy atom. The van der Waals surface area contributed by atoms with Crippen LogP contribution in [0.4, 0.5) is 0 Å². The van der Waals surface area contributed by atoms with Gasteiger partial charge in [0.25, 0.3) is 0 Å². The lowest BCUT2D eigenvalue weighted by Crippen LogP contribution is -2.20. The molecule has 0 saturated carbocycles. The zero-order chi connectivity index (χ0) is 22.5. The summed E-state index contributed by atoms with van der Waals surface area (Å²) in [6, 6.07) is 0. The third-order valence-electron chi connectivity index (χ3n) is 6.03. The second-order valence-corrected chi connectivity index (χ2v) is 9.19. The van der Waals surface area contributed by atoms with Crippen molar-refractivity contribution in [3.63, 3.8) is 0 Å². The molecular weight excluding hydrogens is 382 g/mol. The number of rotatable bonds is 28. The topological polar surface area (TPSA) is 88.1 Å². The van der Waals surface area contributed by atoms with E-state index in [-0.39, 0.29) is 0 Å². The lowest BCUT2D eigenvalue weighted by Gasteiger charge is -2.07. The van der Waals surface area contributed by atoms with E-state index in [1.165, 1.54) is 155 Å². The highest BCUT2D eigenvalue weighted by molar-refractivity contribution is 4.55. The number of unbranched alkanes of at least 4 members (excludes halogenated alkanes) is 14. The third-order valence-corrected chi connectivity index (χ3v) is 6.03. The number of nitrogens with two attached hydrogens (primary N) is 2. The number of nitrogens with one attached hydrogen (secondary N) is 3. The molecule has 7 N–H and O–H groups in total. The minimum atomic E-state index is 0.853. The Kier molecular flexibility index (Phi) is 29.6.